The summed E-state index contributed by atoms with van der Waals surface area (Å²) in [5.41, 5.74) is 3.25. The first-order valence-electron chi connectivity index (χ1n) is 6.79. The number of rotatable bonds is 7. The fraction of sp³-hybridized carbons (Fsp3) is 0.357. The quantitative estimate of drug-likeness (QED) is 0.679. The van der Waals surface area contributed by atoms with Crippen molar-refractivity contribution in [1.29, 1.82) is 0 Å². The molecule has 114 valence electrons. The molecule has 0 saturated heterocycles. The Bertz CT molecular complexity index is 677. The Labute approximate surface area is 125 Å². The van der Waals surface area contributed by atoms with Crippen molar-refractivity contribution in [2.24, 2.45) is 0 Å². The first-order chi connectivity index (χ1) is 10.0. The van der Waals surface area contributed by atoms with Crippen LogP contribution in [0, 0.1) is 6.92 Å². The number of H-pyrrole nitrogens is 1. The zero-order valence-corrected chi connectivity index (χ0v) is 13.0. The summed E-state index contributed by atoms with van der Waals surface area (Å²) in [5.74, 6) is 0. The minimum absolute atomic E-state index is 0.268. The molecule has 0 saturated carbocycles. The zero-order valence-electron chi connectivity index (χ0n) is 12.2. The van der Waals surface area contributed by atoms with E-state index in [-0.39, 0.29) is 4.90 Å². The smallest absolute Gasteiger partial charge is 0.240 e. The standard InChI is InChI=1S/C14H20N4O2S/c1-11-12(10-17-18-11)4-3-9-16-13-5-7-14(8-6-13)21(19,20)15-2/h5-8,10,15-16H,3-4,9H2,1-2H3,(H,17,18). The number of anilines is 1. The molecule has 0 aliphatic carbocycles. The molecule has 0 aliphatic heterocycles. The van der Waals surface area contributed by atoms with Gasteiger partial charge in [-0.05, 0) is 56.6 Å². The van der Waals surface area contributed by atoms with Crippen LogP contribution in [0.2, 0.25) is 0 Å². The van der Waals surface area contributed by atoms with E-state index in [4.69, 9.17) is 0 Å². The van der Waals surface area contributed by atoms with Crippen molar-refractivity contribution >= 4 is 15.7 Å². The molecule has 1 aromatic heterocycles. The lowest BCUT2D eigenvalue weighted by atomic mass is 10.1. The first-order valence-corrected chi connectivity index (χ1v) is 8.27. The molecular formula is C14H20N4O2S. The molecule has 1 heterocycles. The summed E-state index contributed by atoms with van der Waals surface area (Å²) < 4.78 is 25.5. The Kier molecular flexibility index (Phi) is 4.98. The summed E-state index contributed by atoms with van der Waals surface area (Å²) in [5, 5.41) is 10.2. The van der Waals surface area contributed by atoms with Gasteiger partial charge in [0.15, 0.2) is 0 Å². The van der Waals surface area contributed by atoms with Crippen LogP contribution in [0.25, 0.3) is 0 Å². The topological polar surface area (TPSA) is 86.9 Å². The van der Waals surface area contributed by atoms with Gasteiger partial charge < -0.3 is 5.32 Å². The van der Waals surface area contributed by atoms with Gasteiger partial charge in [-0.1, -0.05) is 0 Å². The lowest BCUT2D eigenvalue weighted by Crippen LogP contribution is -2.18. The van der Waals surface area contributed by atoms with Gasteiger partial charge in [0.05, 0.1) is 11.1 Å². The Hall–Kier alpha value is -1.86. The second-order valence-corrected chi connectivity index (χ2v) is 6.67. The SMILES string of the molecule is CNS(=O)(=O)c1ccc(NCCCc2cn[nH]c2C)cc1. The number of nitrogens with zero attached hydrogens (tertiary/aromatic N) is 1. The highest BCUT2D eigenvalue weighted by atomic mass is 32.2. The summed E-state index contributed by atoms with van der Waals surface area (Å²) in [4.78, 5) is 0.268. The molecule has 0 atom stereocenters. The summed E-state index contributed by atoms with van der Waals surface area (Å²) >= 11 is 0. The Morgan fingerprint density at radius 2 is 1.95 bits per heavy atom. The van der Waals surface area contributed by atoms with Gasteiger partial charge in [0.2, 0.25) is 10.0 Å². The molecule has 0 aliphatic rings. The van der Waals surface area contributed by atoms with Crippen LogP contribution in [-0.4, -0.2) is 32.2 Å². The number of nitrogens with one attached hydrogen (secondary N) is 3. The summed E-state index contributed by atoms with van der Waals surface area (Å²) in [6.45, 7) is 2.83. The highest BCUT2D eigenvalue weighted by Gasteiger charge is 2.10. The third-order valence-electron chi connectivity index (χ3n) is 3.32. The van der Waals surface area contributed by atoms with Crippen LogP contribution in [0.15, 0.2) is 35.4 Å². The molecule has 0 unspecified atom stereocenters. The molecule has 2 rings (SSSR count). The molecule has 7 heteroatoms. The van der Waals surface area contributed by atoms with Crippen molar-refractivity contribution < 1.29 is 8.42 Å². The number of hydrogen-bond donors (Lipinski definition) is 3. The predicted octanol–water partition coefficient (Wildman–Crippen LogP) is 1.67. The van der Waals surface area contributed by atoms with E-state index in [1.807, 2.05) is 13.1 Å². The number of hydrogen-bond acceptors (Lipinski definition) is 4. The van der Waals surface area contributed by atoms with E-state index in [1.165, 1.54) is 12.6 Å². The third-order valence-corrected chi connectivity index (χ3v) is 4.75. The third kappa shape index (κ3) is 4.05. The fourth-order valence-corrected chi connectivity index (χ4v) is 2.74. The molecule has 0 fully saturated rings. The number of aromatic amines is 1. The molecule has 0 radical (unpaired) electrons. The zero-order chi connectivity index (χ0) is 15.3. The summed E-state index contributed by atoms with van der Waals surface area (Å²) in [6.07, 6.45) is 3.80. The monoisotopic (exact) mass is 308 g/mol. The molecule has 1 aromatic carbocycles. The average molecular weight is 308 g/mol. The lowest BCUT2D eigenvalue weighted by molar-refractivity contribution is 0.588. The molecule has 0 bridgehead atoms. The highest BCUT2D eigenvalue weighted by molar-refractivity contribution is 7.89. The van der Waals surface area contributed by atoms with Crippen molar-refractivity contribution in [3.63, 3.8) is 0 Å². The maximum absolute atomic E-state index is 11.6. The number of aryl methyl sites for hydroxylation is 2. The van der Waals surface area contributed by atoms with Crippen LogP contribution >= 0.6 is 0 Å². The maximum Gasteiger partial charge on any atom is 0.240 e. The number of sulfonamides is 1. The van der Waals surface area contributed by atoms with Crippen LogP contribution in [0.3, 0.4) is 0 Å². The minimum atomic E-state index is -3.36. The maximum atomic E-state index is 11.6. The van der Waals surface area contributed by atoms with Gasteiger partial charge in [-0.3, -0.25) is 5.10 Å². The van der Waals surface area contributed by atoms with Gasteiger partial charge >= 0.3 is 0 Å². The van der Waals surface area contributed by atoms with Crippen LogP contribution in [-0.2, 0) is 16.4 Å². The van der Waals surface area contributed by atoms with Crippen molar-refractivity contribution in [1.82, 2.24) is 14.9 Å². The molecule has 3 N–H and O–H groups in total. The van der Waals surface area contributed by atoms with Gasteiger partial charge in [-0.2, -0.15) is 5.10 Å². The van der Waals surface area contributed by atoms with Crippen molar-refractivity contribution in [2.75, 3.05) is 18.9 Å². The molecule has 0 spiro atoms. The normalized spacial score (nSPS) is 11.5. The van der Waals surface area contributed by atoms with Crippen LogP contribution in [0.4, 0.5) is 5.69 Å². The van der Waals surface area contributed by atoms with E-state index >= 15 is 0 Å². The van der Waals surface area contributed by atoms with Gasteiger partial charge in [-0.15, -0.1) is 0 Å². The Morgan fingerprint density at radius 1 is 1.24 bits per heavy atom. The van der Waals surface area contributed by atoms with Crippen molar-refractivity contribution in [3.8, 4) is 0 Å². The molecule has 0 amide bonds. The van der Waals surface area contributed by atoms with Crippen molar-refractivity contribution in [3.05, 3.63) is 41.7 Å². The van der Waals surface area contributed by atoms with Crippen LogP contribution < -0.4 is 10.0 Å². The van der Waals surface area contributed by atoms with E-state index in [0.29, 0.717) is 0 Å². The summed E-state index contributed by atoms with van der Waals surface area (Å²) in [7, 11) is -1.96. The van der Waals surface area contributed by atoms with Crippen LogP contribution in [0.5, 0.6) is 0 Å². The number of benzene rings is 1. The number of aromatic nitrogens is 2. The fourth-order valence-electron chi connectivity index (χ4n) is 2.01. The second-order valence-electron chi connectivity index (χ2n) is 4.78. The Balaban J connectivity index is 1.83. The Morgan fingerprint density at radius 3 is 2.52 bits per heavy atom. The first kappa shape index (κ1) is 15.5. The summed E-state index contributed by atoms with van der Waals surface area (Å²) in [6, 6.07) is 6.73. The molecular weight excluding hydrogens is 288 g/mol. The lowest BCUT2D eigenvalue weighted by Gasteiger charge is -2.07. The van der Waals surface area contributed by atoms with Crippen molar-refractivity contribution in [2.45, 2.75) is 24.7 Å². The van der Waals surface area contributed by atoms with E-state index < -0.39 is 10.0 Å². The molecule has 6 nitrogen and oxygen atoms in total. The van der Waals surface area contributed by atoms with E-state index in [2.05, 4.69) is 20.2 Å². The molecule has 2 aromatic rings. The largest absolute Gasteiger partial charge is 0.385 e. The van der Waals surface area contributed by atoms with E-state index in [1.54, 1.807) is 24.3 Å². The van der Waals surface area contributed by atoms with E-state index in [9.17, 15) is 8.42 Å². The van der Waals surface area contributed by atoms with Crippen LogP contribution in [0.1, 0.15) is 17.7 Å². The predicted molar refractivity (Wildman–Crippen MR) is 82.8 cm³/mol. The van der Waals surface area contributed by atoms with Gasteiger partial charge in [0.1, 0.15) is 0 Å². The van der Waals surface area contributed by atoms with Gasteiger partial charge in [0, 0.05) is 17.9 Å². The van der Waals surface area contributed by atoms with Gasteiger partial charge in [0.25, 0.3) is 0 Å². The highest BCUT2D eigenvalue weighted by Crippen LogP contribution is 2.14. The average Bonchev–Trinajstić information content (AvgIpc) is 2.89. The second kappa shape index (κ2) is 6.73. The minimum Gasteiger partial charge on any atom is -0.385 e. The molecule has 21 heavy (non-hydrogen) atoms. The van der Waals surface area contributed by atoms with E-state index in [0.717, 1.165) is 30.8 Å². The van der Waals surface area contributed by atoms with Gasteiger partial charge in [-0.25, -0.2) is 13.1 Å².